The van der Waals surface area contributed by atoms with Gasteiger partial charge in [-0.3, -0.25) is 0 Å². The predicted molar refractivity (Wildman–Crippen MR) is 101 cm³/mol. The quantitative estimate of drug-likeness (QED) is 0.852. The number of piperidine rings is 1. The van der Waals surface area contributed by atoms with Gasteiger partial charge in [0.25, 0.3) is 0 Å². The Morgan fingerprint density at radius 3 is 2.50 bits per heavy atom. The normalized spacial score (nSPS) is 18.7. The maximum Gasteiger partial charge on any atom is 0.121 e. The van der Waals surface area contributed by atoms with E-state index in [9.17, 15) is 5.11 Å². The molecule has 2 nitrogen and oxygen atoms in total. The first-order chi connectivity index (χ1) is 11.6. The third-order valence-corrected chi connectivity index (χ3v) is 5.27. The molecule has 1 unspecified atom stereocenters. The summed E-state index contributed by atoms with van der Waals surface area (Å²) >= 11 is 0. The molecule has 0 aromatic heterocycles. The number of hydrogen-bond acceptors (Lipinski definition) is 2. The van der Waals surface area contributed by atoms with Crippen LogP contribution in [0.25, 0.3) is 0 Å². The Kier molecular flexibility index (Phi) is 5.57. The molecule has 0 bridgehead atoms. The summed E-state index contributed by atoms with van der Waals surface area (Å²) in [6, 6.07) is 15.1. The van der Waals surface area contributed by atoms with Gasteiger partial charge in [0, 0.05) is 6.54 Å². The van der Waals surface area contributed by atoms with Gasteiger partial charge in [-0.25, -0.2) is 0 Å². The molecule has 1 fully saturated rings. The maximum absolute atomic E-state index is 10.00. The molecule has 1 heterocycles. The zero-order chi connectivity index (χ0) is 16.9. The number of likely N-dealkylation sites (tertiary alicyclic amines) is 1. The van der Waals surface area contributed by atoms with Crippen LogP contribution in [0.4, 0.5) is 0 Å². The van der Waals surface area contributed by atoms with Gasteiger partial charge < -0.3 is 10.0 Å². The number of aromatic hydroxyl groups is 1. The summed E-state index contributed by atoms with van der Waals surface area (Å²) in [5.74, 6) is 1.06. The topological polar surface area (TPSA) is 23.5 Å². The molecule has 2 aromatic rings. The van der Waals surface area contributed by atoms with E-state index in [0.29, 0.717) is 11.7 Å². The Balaban J connectivity index is 1.56. The van der Waals surface area contributed by atoms with Crippen molar-refractivity contribution < 1.29 is 5.11 Å². The predicted octanol–water partition coefficient (Wildman–Crippen LogP) is 4.82. The summed E-state index contributed by atoms with van der Waals surface area (Å²) in [5.41, 5.74) is 4.85. The molecule has 1 aliphatic heterocycles. The Morgan fingerprint density at radius 2 is 1.79 bits per heavy atom. The Bertz CT molecular complexity index is 642. The van der Waals surface area contributed by atoms with Gasteiger partial charge >= 0.3 is 0 Å². The minimum atomic E-state index is 0.453. The molecule has 1 saturated heterocycles. The van der Waals surface area contributed by atoms with E-state index in [0.717, 1.165) is 17.7 Å². The van der Waals surface area contributed by atoms with Crippen LogP contribution in [-0.2, 0) is 6.42 Å². The number of aryl methyl sites for hydroxylation is 3. The van der Waals surface area contributed by atoms with Crippen LogP contribution >= 0.6 is 0 Å². The lowest BCUT2D eigenvalue weighted by atomic mass is 9.88. The Morgan fingerprint density at radius 1 is 1.08 bits per heavy atom. The molecule has 2 heteroatoms. The smallest absolute Gasteiger partial charge is 0.121 e. The number of rotatable bonds is 5. The fraction of sp³-hybridized carbons (Fsp3) is 0.455. The minimum absolute atomic E-state index is 0.453. The molecule has 0 amide bonds. The summed E-state index contributed by atoms with van der Waals surface area (Å²) < 4.78 is 0. The highest BCUT2D eigenvalue weighted by Gasteiger charge is 2.22. The van der Waals surface area contributed by atoms with Crippen molar-refractivity contribution in [1.29, 1.82) is 0 Å². The second-order valence-corrected chi connectivity index (χ2v) is 7.23. The van der Waals surface area contributed by atoms with Gasteiger partial charge in [0.15, 0.2) is 0 Å². The lowest BCUT2D eigenvalue weighted by Crippen LogP contribution is -2.35. The number of hydrogen-bond donors (Lipinski definition) is 1. The molecule has 0 saturated carbocycles. The molecule has 0 aliphatic carbocycles. The second-order valence-electron chi connectivity index (χ2n) is 7.23. The lowest BCUT2D eigenvalue weighted by Gasteiger charge is -2.33. The zero-order valence-corrected chi connectivity index (χ0v) is 15.0. The molecule has 24 heavy (non-hydrogen) atoms. The SMILES string of the molecule is Cc1cc(C2CCCN(CCCc3ccccc3)C2)cc(C)c1O. The van der Waals surface area contributed by atoms with Gasteiger partial charge in [0.1, 0.15) is 5.75 Å². The molecular weight excluding hydrogens is 294 g/mol. The molecule has 1 aliphatic rings. The summed E-state index contributed by atoms with van der Waals surface area (Å²) in [5, 5.41) is 10.00. The van der Waals surface area contributed by atoms with E-state index in [-0.39, 0.29) is 0 Å². The highest BCUT2D eigenvalue weighted by molar-refractivity contribution is 5.43. The van der Waals surface area contributed by atoms with E-state index in [1.165, 1.54) is 49.9 Å². The fourth-order valence-electron chi connectivity index (χ4n) is 3.91. The van der Waals surface area contributed by atoms with Crippen LogP contribution in [0.2, 0.25) is 0 Å². The van der Waals surface area contributed by atoms with E-state index >= 15 is 0 Å². The van der Waals surface area contributed by atoms with Crippen molar-refractivity contribution in [2.24, 2.45) is 0 Å². The van der Waals surface area contributed by atoms with Crippen molar-refractivity contribution in [3.63, 3.8) is 0 Å². The average molecular weight is 323 g/mol. The fourth-order valence-corrected chi connectivity index (χ4v) is 3.91. The summed E-state index contributed by atoms with van der Waals surface area (Å²) in [6.07, 6.45) is 4.93. The standard InChI is InChI=1S/C22H29NO/c1-17-14-21(15-18(2)22(17)24)20-11-7-13-23(16-20)12-6-10-19-8-4-3-5-9-19/h3-5,8-9,14-15,20,24H,6-7,10-13,16H2,1-2H3. The van der Waals surface area contributed by atoms with Gasteiger partial charge in [-0.2, -0.15) is 0 Å². The number of benzene rings is 2. The average Bonchev–Trinajstić information content (AvgIpc) is 2.60. The van der Waals surface area contributed by atoms with Crippen molar-refractivity contribution in [1.82, 2.24) is 4.90 Å². The highest BCUT2D eigenvalue weighted by Crippen LogP contribution is 2.32. The first-order valence-corrected chi connectivity index (χ1v) is 9.20. The van der Waals surface area contributed by atoms with Crippen molar-refractivity contribution >= 4 is 0 Å². The Hall–Kier alpha value is -1.80. The minimum Gasteiger partial charge on any atom is -0.507 e. The van der Waals surface area contributed by atoms with Crippen LogP contribution in [0.1, 0.15) is 47.4 Å². The van der Waals surface area contributed by atoms with Gasteiger partial charge in [-0.05, 0) is 80.8 Å². The van der Waals surface area contributed by atoms with Crippen LogP contribution in [-0.4, -0.2) is 29.6 Å². The van der Waals surface area contributed by atoms with Crippen LogP contribution < -0.4 is 0 Å². The molecule has 0 radical (unpaired) electrons. The van der Waals surface area contributed by atoms with Gasteiger partial charge in [0.2, 0.25) is 0 Å². The molecule has 128 valence electrons. The van der Waals surface area contributed by atoms with Crippen molar-refractivity contribution in [2.75, 3.05) is 19.6 Å². The summed E-state index contributed by atoms with van der Waals surface area (Å²) in [4.78, 5) is 2.62. The first-order valence-electron chi connectivity index (χ1n) is 9.20. The third kappa shape index (κ3) is 4.18. The molecule has 1 N–H and O–H groups in total. The third-order valence-electron chi connectivity index (χ3n) is 5.27. The number of nitrogens with zero attached hydrogens (tertiary/aromatic N) is 1. The van der Waals surface area contributed by atoms with Crippen LogP contribution in [0.15, 0.2) is 42.5 Å². The van der Waals surface area contributed by atoms with Crippen molar-refractivity contribution in [2.45, 2.75) is 45.4 Å². The molecule has 2 aromatic carbocycles. The Labute approximate surface area is 146 Å². The van der Waals surface area contributed by atoms with E-state index in [4.69, 9.17) is 0 Å². The molecule has 3 rings (SSSR count). The maximum atomic E-state index is 10.00. The number of phenols is 1. The summed E-state index contributed by atoms with van der Waals surface area (Å²) in [7, 11) is 0. The van der Waals surface area contributed by atoms with Crippen LogP contribution in [0, 0.1) is 13.8 Å². The monoisotopic (exact) mass is 323 g/mol. The van der Waals surface area contributed by atoms with E-state index in [2.05, 4.69) is 47.4 Å². The lowest BCUT2D eigenvalue weighted by molar-refractivity contribution is 0.206. The van der Waals surface area contributed by atoms with Gasteiger partial charge in [-0.1, -0.05) is 42.5 Å². The second kappa shape index (κ2) is 7.85. The van der Waals surface area contributed by atoms with E-state index in [1.807, 2.05) is 13.8 Å². The van der Waals surface area contributed by atoms with E-state index in [1.54, 1.807) is 0 Å². The molecule has 0 spiro atoms. The van der Waals surface area contributed by atoms with Crippen molar-refractivity contribution in [3.8, 4) is 5.75 Å². The zero-order valence-electron chi connectivity index (χ0n) is 15.0. The highest BCUT2D eigenvalue weighted by atomic mass is 16.3. The van der Waals surface area contributed by atoms with Crippen molar-refractivity contribution in [3.05, 3.63) is 64.7 Å². The van der Waals surface area contributed by atoms with Crippen LogP contribution in [0.5, 0.6) is 5.75 Å². The summed E-state index contributed by atoms with van der Waals surface area (Å²) in [6.45, 7) is 7.57. The van der Waals surface area contributed by atoms with Crippen LogP contribution in [0.3, 0.4) is 0 Å². The van der Waals surface area contributed by atoms with Gasteiger partial charge in [0.05, 0.1) is 0 Å². The molecular formula is C22H29NO. The largest absolute Gasteiger partial charge is 0.507 e. The molecule has 1 atom stereocenters. The van der Waals surface area contributed by atoms with E-state index < -0.39 is 0 Å². The number of phenolic OH excluding ortho intramolecular Hbond substituents is 1. The first kappa shape index (κ1) is 17.0. The van der Waals surface area contributed by atoms with Gasteiger partial charge in [-0.15, -0.1) is 0 Å².